The number of aliphatic carboxylic acids is 1. The van der Waals surface area contributed by atoms with Crippen LogP contribution in [0.2, 0.25) is 0 Å². The molecule has 2 heterocycles. The fraction of sp³-hybridized carbons (Fsp3) is 0.792. The van der Waals surface area contributed by atoms with Gasteiger partial charge in [-0.2, -0.15) is 0 Å². The van der Waals surface area contributed by atoms with E-state index in [4.69, 9.17) is 0 Å². The minimum atomic E-state index is -3.55. The summed E-state index contributed by atoms with van der Waals surface area (Å²) in [5, 5.41) is 16.6. The Labute approximate surface area is 205 Å². The third-order valence-corrected chi connectivity index (χ3v) is 8.48. The molecule has 3 aliphatic rings. The Kier molecular flexibility index (Phi) is 12.2. The number of piperidine rings is 1. The molecule has 0 aromatic heterocycles. The van der Waals surface area contributed by atoms with Crippen LogP contribution < -0.4 is 15.4 Å². The Morgan fingerprint density at radius 2 is 1.79 bits per heavy atom. The summed E-state index contributed by atoms with van der Waals surface area (Å²) in [4.78, 5) is 11.6. The van der Waals surface area contributed by atoms with Gasteiger partial charge in [-0.25, -0.2) is 13.1 Å². The molecule has 0 bridgehead atoms. The van der Waals surface area contributed by atoms with Crippen LogP contribution in [0.5, 0.6) is 0 Å². The van der Waals surface area contributed by atoms with Gasteiger partial charge in [0.1, 0.15) is 6.04 Å². The van der Waals surface area contributed by atoms with Crippen LogP contribution in [0.1, 0.15) is 89.9 Å². The van der Waals surface area contributed by atoms with Crippen molar-refractivity contribution in [2.45, 2.75) is 102 Å². The number of hydrogen-bond donors (Lipinski definition) is 4. The number of unbranched alkanes of at least 4 members (excludes halogenated alkanes) is 4. The van der Waals surface area contributed by atoms with Crippen LogP contribution in [0.3, 0.4) is 0 Å². The maximum atomic E-state index is 12.4. The van der Waals surface area contributed by atoms with E-state index in [1.807, 2.05) is 0 Å². The number of dihydropyridines is 1. The second-order valence-corrected chi connectivity index (χ2v) is 11.5. The topological polar surface area (TPSA) is 108 Å². The Morgan fingerprint density at radius 3 is 2.55 bits per heavy atom. The number of hydrogen-bond acceptors (Lipinski definition) is 5. The van der Waals surface area contributed by atoms with Crippen LogP contribution >= 0.6 is 12.4 Å². The molecule has 9 heteroatoms. The molecular formula is C24H42ClN3O4S. The van der Waals surface area contributed by atoms with Gasteiger partial charge in [-0.15, -0.1) is 12.4 Å². The Hall–Kier alpha value is -1.09. The van der Waals surface area contributed by atoms with Crippen molar-refractivity contribution < 1.29 is 18.3 Å². The number of carbonyl (C=O) groups is 1. The van der Waals surface area contributed by atoms with Gasteiger partial charge in [0.05, 0.1) is 11.9 Å². The van der Waals surface area contributed by atoms with Crippen molar-refractivity contribution in [2.24, 2.45) is 5.92 Å². The lowest BCUT2D eigenvalue weighted by molar-refractivity contribution is -0.139. The van der Waals surface area contributed by atoms with Gasteiger partial charge in [-0.05, 0) is 69.1 Å². The summed E-state index contributed by atoms with van der Waals surface area (Å²) in [5.74, 6) is -0.843. The fourth-order valence-corrected chi connectivity index (χ4v) is 6.79. The van der Waals surface area contributed by atoms with Crippen molar-refractivity contribution >= 4 is 28.4 Å². The Balaban J connectivity index is 0.00000385. The second kappa shape index (κ2) is 14.3. The summed E-state index contributed by atoms with van der Waals surface area (Å²) in [6.07, 6.45) is 18.6. The smallest absolute Gasteiger partial charge is 0.321 e. The van der Waals surface area contributed by atoms with Crippen molar-refractivity contribution in [3.63, 3.8) is 0 Å². The van der Waals surface area contributed by atoms with Crippen LogP contribution in [0.4, 0.5) is 0 Å². The van der Waals surface area contributed by atoms with Gasteiger partial charge >= 0.3 is 5.97 Å². The number of sulfonamides is 1. The molecule has 2 fully saturated rings. The lowest BCUT2D eigenvalue weighted by atomic mass is 9.91. The first-order valence-electron chi connectivity index (χ1n) is 12.6. The average Bonchev–Trinajstić information content (AvgIpc) is 2.77. The van der Waals surface area contributed by atoms with Crippen LogP contribution in [-0.4, -0.2) is 44.0 Å². The molecule has 7 nitrogen and oxygen atoms in total. The van der Waals surface area contributed by atoms with Crippen molar-refractivity contribution in [1.82, 2.24) is 15.4 Å². The SMILES string of the molecule is Cl.O=C(O)[C@H](CCCCCCCC1=CC=C2CCCNC2N1)NS(=O)(=O)CC1CCCCC1. The highest BCUT2D eigenvalue weighted by atomic mass is 35.5. The standard InChI is InChI=1S/C24H41N3O4S.ClH/c28-24(29)22(27-32(30,31)18-19-10-5-4-6-11-19)14-8-3-1-2-7-13-21-16-15-20-12-9-17-25-23(20)26-21;/h15-16,19,22-23,25-27H,1-14,17-18H2,(H,28,29);1H/t22-,23?;/m0./s1. The minimum absolute atomic E-state index is 0. The van der Waals surface area contributed by atoms with E-state index in [0.717, 1.165) is 70.8 Å². The van der Waals surface area contributed by atoms with Gasteiger partial charge in [0.25, 0.3) is 0 Å². The number of rotatable bonds is 13. The van der Waals surface area contributed by atoms with Gasteiger partial charge in [0, 0.05) is 5.70 Å². The largest absolute Gasteiger partial charge is 0.480 e. The number of carboxylic acid groups (broad SMARTS) is 1. The molecule has 33 heavy (non-hydrogen) atoms. The summed E-state index contributed by atoms with van der Waals surface area (Å²) in [6.45, 7) is 1.07. The first kappa shape index (κ1) is 28.1. The number of allylic oxidation sites excluding steroid dienone is 3. The van der Waals surface area contributed by atoms with Crippen LogP contribution in [-0.2, 0) is 14.8 Å². The first-order valence-corrected chi connectivity index (χ1v) is 14.2. The predicted octanol–water partition coefficient (Wildman–Crippen LogP) is 4.21. The summed E-state index contributed by atoms with van der Waals surface area (Å²) in [5.41, 5.74) is 2.73. The fourth-order valence-electron chi connectivity index (χ4n) is 5.09. The zero-order valence-electron chi connectivity index (χ0n) is 19.7. The van der Waals surface area contributed by atoms with Crippen molar-refractivity contribution in [2.75, 3.05) is 12.3 Å². The normalized spacial score (nSPS) is 22.2. The van der Waals surface area contributed by atoms with E-state index in [-0.39, 0.29) is 24.1 Å². The van der Waals surface area contributed by atoms with Gasteiger partial charge in [0.15, 0.2) is 0 Å². The highest BCUT2D eigenvalue weighted by Crippen LogP contribution is 2.25. The molecule has 0 radical (unpaired) electrons. The lowest BCUT2D eigenvalue weighted by Gasteiger charge is -2.32. The molecule has 2 aliphatic heterocycles. The monoisotopic (exact) mass is 503 g/mol. The third kappa shape index (κ3) is 9.97. The molecule has 0 aromatic rings. The van der Waals surface area contributed by atoms with E-state index in [0.29, 0.717) is 12.6 Å². The number of nitrogens with one attached hydrogen (secondary N) is 3. The molecule has 0 spiro atoms. The molecule has 1 aliphatic carbocycles. The molecule has 1 unspecified atom stereocenters. The molecule has 190 valence electrons. The Morgan fingerprint density at radius 1 is 1.06 bits per heavy atom. The zero-order valence-corrected chi connectivity index (χ0v) is 21.3. The summed E-state index contributed by atoms with van der Waals surface area (Å²) >= 11 is 0. The second-order valence-electron chi connectivity index (χ2n) is 9.67. The van der Waals surface area contributed by atoms with E-state index < -0.39 is 22.0 Å². The average molecular weight is 504 g/mol. The minimum Gasteiger partial charge on any atom is -0.480 e. The number of halogens is 1. The maximum absolute atomic E-state index is 12.4. The number of carboxylic acids is 1. The zero-order chi connectivity index (χ0) is 22.8. The van der Waals surface area contributed by atoms with E-state index in [9.17, 15) is 18.3 Å². The van der Waals surface area contributed by atoms with Gasteiger partial charge in [0.2, 0.25) is 10.0 Å². The van der Waals surface area contributed by atoms with E-state index in [1.165, 1.54) is 30.5 Å². The molecule has 1 saturated carbocycles. The molecule has 3 rings (SSSR count). The highest BCUT2D eigenvalue weighted by molar-refractivity contribution is 7.89. The number of fused-ring (bicyclic) bond motifs is 1. The molecule has 2 atom stereocenters. The molecular weight excluding hydrogens is 462 g/mol. The Bertz CT molecular complexity index is 779. The van der Waals surface area contributed by atoms with Gasteiger partial charge in [-0.3, -0.25) is 10.1 Å². The predicted molar refractivity (Wildman–Crippen MR) is 135 cm³/mol. The van der Waals surface area contributed by atoms with E-state index >= 15 is 0 Å². The van der Waals surface area contributed by atoms with E-state index in [1.54, 1.807) is 0 Å². The summed E-state index contributed by atoms with van der Waals surface area (Å²) in [7, 11) is -3.55. The highest BCUT2D eigenvalue weighted by Gasteiger charge is 2.27. The maximum Gasteiger partial charge on any atom is 0.321 e. The van der Waals surface area contributed by atoms with Crippen molar-refractivity contribution in [3.8, 4) is 0 Å². The molecule has 1 saturated heterocycles. The molecule has 0 amide bonds. The summed E-state index contributed by atoms with van der Waals surface area (Å²) in [6, 6.07) is -1.01. The van der Waals surface area contributed by atoms with Crippen LogP contribution in [0, 0.1) is 5.92 Å². The van der Waals surface area contributed by atoms with Crippen molar-refractivity contribution in [1.29, 1.82) is 0 Å². The van der Waals surface area contributed by atoms with Gasteiger partial charge in [-0.1, -0.05) is 51.0 Å². The quantitative estimate of drug-likeness (QED) is 0.280. The van der Waals surface area contributed by atoms with E-state index in [2.05, 4.69) is 27.5 Å². The van der Waals surface area contributed by atoms with Crippen LogP contribution in [0.15, 0.2) is 23.4 Å². The first-order chi connectivity index (χ1) is 15.4. The lowest BCUT2D eigenvalue weighted by Crippen LogP contribution is -2.47. The molecule has 0 aromatic carbocycles. The van der Waals surface area contributed by atoms with Crippen LogP contribution in [0.25, 0.3) is 0 Å². The third-order valence-electron chi connectivity index (χ3n) is 6.93. The van der Waals surface area contributed by atoms with Crippen molar-refractivity contribution in [3.05, 3.63) is 23.4 Å². The summed E-state index contributed by atoms with van der Waals surface area (Å²) < 4.78 is 27.3. The molecule has 4 N–H and O–H groups in total. The van der Waals surface area contributed by atoms with Gasteiger partial charge < -0.3 is 10.4 Å².